The monoisotopic (exact) mass is 430 g/mol. The van der Waals surface area contributed by atoms with E-state index >= 15 is 0 Å². The zero-order valence-corrected chi connectivity index (χ0v) is 18.6. The fraction of sp³-hybridized carbons (Fsp3) is 0.222. The first-order valence-electron chi connectivity index (χ1n) is 10.8. The molecule has 31 heavy (non-hydrogen) atoms. The minimum absolute atomic E-state index is 0.0253. The molecule has 2 atom stereocenters. The van der Waals surface area contributed by atoms with Crippen LogP contribution in [-0.4, -0.2) is 10.9 Å². The summed E-state index contributed by atoms with van der Waals surface area (Å²) >= 11 is 6.13. The summed E-state index contributed by atoms with van der Waals surface area (Å²) in [5, 5.41) is 5.03. The number of fused-ring (bicyclic) bond motifs is 1. The van der Waals surface area contributed by atoms with Gasteiger partial charge < -0.3 is 10.3 Å². The SMILES string of the molecule is CCc1cccc2c(C(CC(=O)NC(C)c3ccccc3)c3ccc(Cl)cc3)c[nH]c12. The van der Waals surface area contributed by atoms with Gasteiger partial charge in [-0.15, -0.1) is 0 Å². The van der Waals surface area contributed by atoms with Crippen LogP contribution in [0.4, 0.5) is 0 Å². The van der Waals surface area contributed by atoms with Crippen molar-refractivity contribution in [1.29, 1.82) is 0 Å². The molecule has 0 aliphatic rings. The van der Waals surface area contributed by atoms with Gasteiger partial charge in [0.2, 0.25) is 5.91 Å². The van der Waals surface area contributed by atoms with E-state index in [0.717, 1.165) is 28.6 Å². The lowest BCUT2D eigenvalue weighted by atomic mass is 9.87. The number of nitrogens with one attached hydrogen (secondary N) is 2. The van der Waals surface area contributed by atoms with Gasteiger partial charge in [0.05, 0.1) is 6.04 Å². The van der Waals surface area contributed by atoms with Gasteiger partial charge in [-0.25, -0.2) is 0 Å². The van der Waals surface area contributed by atoms with Crippen LogP contribution >= 0.6 is 11.6 Å². The maximum atomic E-state index is 13.1. The molecule has 4 heteroatoms. The number of para-hydroxylation sites is 1. The summed E-state index contributed by atoms with van der Waals surface area (Å²) in [6.07, 6.45) is 3.37. The molecule has 2 N–H and O–H groups in total. The Morgan fingerprint density at radius 2 is 1.71 bits per heavy atom. The van der Waals surface area contributed by atoms with E-state index in [0.29, 0.717) is 11.4 Å². The molecule has 0 fully saturated rings. The Kier molecular flexibility index (Phi) is 6.43. The van der Waals surface area contributed by atoms with Crippen molar-refractivity contribution in [3.8, 4) is 0 Å². The Hall–Kier alpha value is -3.04. The van der Waals surface area contributed by atoms with Crippen molar-refractivity contribution >= 4 is 28.4 Å². The number of aromatic nitrogens is 1. The van der Waals surface area contributed by atoms with Crippen molar-refractivity contribution in [3.05, 3.63) is 106 Å². The van der Waals surface area contributed by atoms with Crippen LogP contribution in [0, 0.1) is 0 Å². The quantitative estimate of drug-likeness (QED) is 0.333. The number of aryl methyl sites for hydroxylation is 1. The molecule has 3 aromatic carbocycles. The summed E-state index contributed by atoms with van der Waals surface area (Å²) < 4.78 is 0. The Balaban J connectivity index is 1.66. The van der Waals surface area contributed by atoms with Crippen molar-refractivity contribution in [1.82, 2.24) is 10.3 Å². The van der Waals surface area contributed by atoms with E-state index in [1.807, 2.05) is 61.5 Å². The van der Waals surface area contributed by atoms with Crippen molar-refractivity contribution in [2.75, 3.05) is 0 Å². The number of carbonyl (C=O) groups excluding carboxylic acids is 1. The average molecular weight is 431 g/mol. The molecule has 0 saturated carbocycles. The average Bonchev–Trinajstić information content (AvgIpc) is 3.23. The number of hydrogen-bond acceptors (Lipinski definition) is 1. The smallest absolute Gasteiger partial charge is 0.221 e. The lowest BCUT2D eigenvalue weighted by molar-refractivity contribution is -0.121. The van der Waals surface area contributed by atoms with Crippen LogP contribution in [0.15, 0.2) is 79.0 Å². The molecule has 0 saturated heterocycles. The molecule has 3 nitrogen and oxygen atoms in total. The Labute approximate surface area is 188 Å². The number of rotatable bonds is 7. The van der Waals surface area contributed by atoms with Crippen LogP contribution in [0.3, 0.4) is 0 Å². The molecule has 2 unspecified atom stereocenters. The minimum Gasteiger partial charge on any atom is -0.361 e. The summed E-state index contributed by atoms with van der Waals surface area (Å²) in [7, 11) is 0. The molecule has 0 aliphatic carbocycles. The maximum Gasteiger partial charge on any atom is 0.221 e. The Bertz CT molecular complexity index is 1170. The third kappa shape index (κ3) is 4.67. The van der Waals surface area contributed by atoms with E-state index in [2.05, 4.69) is 41.6 Å². The lowest BCUT2D eigenvalue weighted by Gasteiger charge is -2.20. The Morgan fingerprint density at radius 1 is 0.968 bits per heavy atom. The van der Waals surface area contributed by atoms with Crippen LogP contribution in [-0.2, 0) is 11.2 Å². The number of halogens is 1. The second-order valence-corrected chi connectivity index (χ2v) is 8.38. The van der Waals surface area contributed by atoms with E-state index in [-0.39, 0.29) is 17.9 Å². The summed E-state index contributed by atoms with van der Waals surface area (Å²) in [6.45, 7) is 4.17. The van der Waals surface area contributed by atoms with Gasteiger partial charge in [0.1, 0.15) is 0 Å². The Morgan fingerprint density at radius 3 is 2.42 bits per heavy atom. The van der Waals surface area contributed by atoms with E-state index in [1.54, 1.807) is 0 Å². The highest BCUT2D eigenvalue weighted by Crippen LogP contribution is 2.35. The van der Waals surface area contributed by atoms with Gasteiger partial charge in [-0.05, 0) is 47.7 Å². The number of amides is 1. The van der Waals surface area contributed by atoms with Crippen molar-refractivity contribution in [2.45, 2.75) is 38.6 Å². The van der Waals surface area contributed by atoms with Gasteiger partial charge in [-0.1, -0.05) is 79.2 Å². The highest BCUT2D eigenvalue weighted by atomic mass is 35.5. The predicted molar refractivity (Wildman–Crippen MR) is 129 cm³/mol. The third-order valence-electron chi connectivity index (χ3n) is 5.93. The normalized spacial score (nSPS) is 13.1. The fourth-order valence-electron chi connectivity index (χ4n) is 4.24. The van der Waals surface area contributed by atoms with E-state index in [1.165, 1.54) is 10.9 Å². The van der Waals surface area contributed by atoms with Crippen LogP contribution in [0.1, 0.15) is 54.5 Å². The van der Waals surface area contributed by atoms with Gasteiger partial charge in [-0.3, -0.25) is 4.79 Å². The molecule has 0 radical (unpaired) electrons. The van der Waals surface area contributed by atoms with Crippen molar-refractivity contribution in [2.24, 2.45) is 0 Å². The van der Waals surface area contributed by atoms with Gasteiger partial charge in [0, 0.05) is 34.5 Å². The standard InChI is InChI=1S/C27H27ClN2O/c1-3-19-10-7-11-23-25(17-29-27(19)23)24(21-12-14-22(28)15-13-21)16-26(31)30-18(2)20-8-5-4-6-9-20/h4-15,17-18,24,29H,3,16H2,1-2H3,(H,30,31). The van der Waals surface area contributed by atoms with E-state index < -0.39 is 0 Å². The third-order valence-corrected chi connectivity index (χ3v) is 6.18. The molecule has 158 valence electrons. The molecule has 1 heterocycles. The molecular formula is C27H27ClN2O. The molecule has 0 spiro atoms. The molecule has 1 amide bonds. The first kappa shape index (κ1) is 21.2. The van der Waals surface area contributed by atoms with Crippen LogP contribution in [0.25, 0.3) is 10.9 Å². The molecule has 4 aromatic rings. The number of carbonyl (C=O) groups is 1. The summed E-state index contributed by atoms with van der Waals surface area (Å²) in [5.74, 6) is -0.0432. The van der Waals surface area contributed by atoms with Gasteiger partial charge in [-0.2, -0.15) is 0 Å². The number of benzene rings is 3. The second-order valence-electron chi connectivity index (χ2n) is 7.95. The predicted octanol–water partition coefficient (Wildman–Crippen LogP) is 6.78. The highest BCUT2D eigenvalue weighted by molar-refractivity contribution is 6.30. The van der Waals surface area contributed by atoms with Crippen LogP contribution < -0.4 is 5.32 Å². The van der Waals surface area contributed by atoms with E-state index in [9.17, 15) is 4.79 Å². The van der Waals surface area contributed by atoms with Gasteiger partial charge in [0.25, 0.3) is 0 Å². The van der Waals surface area contributed by atoms with Crippen molar-refractivity contribution < 1.29 is 4.79 Å². The zero-order valence-electron chi connectivity index (χ0n) is 17.9. The maximum absolute atomic E-state index is 13.1. The first-order valence-corrected chi connectivity index (χ1v) is 11.1. The van der Waals surface area contributed by atoms with Crippen LogP contribution in [0.2, 0.25) is 5.02 Å². The molecule has 4 rings (SSSR count). The number of aromatic amines is 1. The highest BCUT2D eigenvalue weighted by Gasteiger charge is 2.23. The van der Waals surface area contributed by atoms with Crippen LogP contribution in [0.5, 0.6) is 0 Å². The zero-order chi connectivity index (χ0) is 21.8. The summed E-state index contributed by atoms with van der Waals surface area (Å²) in [5.41, 5.74) is 5.74. The molecule has 1 aromatic heterocycles. The van der Waals surface area contributed by atoms with Gasteiger partial charge >= 0.3 is 0 Å². The molecule has 0 bridgehead atoms. The van der Waals surface area contributed by atoms with E-state index in [4.69, 9.17) is 11.6 Å². The largest absolute Gasteiger partial charge is 0.361 e. The first-order chi connectivity index (χ1) is 15.1. The molecule has 0 aliphatic heterocycles. The lowest BCUT2D eigenvalue weighted by Crippen LogP contribution is -2.28. The topological polar surface area (TPSA) is 44.9 Å². The van der Waals surface area contributed by atoms with Gasteiger partial charge in [0.15, 0.2) is 0 Å². The number of H-pyrrole nitrogens is 1. The summed E-state index contributed by atoms with van der Waals surface area (Å²) in [4.78, 5) is 16.5. The second kappa shape index (κ2) is 9.40. The molecular weight excluding hydrogens is 404 g/mol. The fourth-order valence-corrected chi connectivity index (χ4v) is 4.36. The van der Waals surface area contributed by atoms with Crippen molar-refractivity contribution in [3.63, 3.8) is 0 Å². The minimum atomic E-state index is -0.0684. The number of hydrogen-bond donors (Lipinski definition) is 2. The summed E-state index contributed by atoms with van der Waals surface area (Å²) in [6, 6.07) is 24.2.